The van der Waals surface area contributed by atoms with Gasteiger partial charge in [0.05, 0.1) is 28.7 Å². The molecule has 0 atom stereocenters. The highest BCUT2D eigenvalue weighted by Crippen LogP contribution is 2.24. The first kappa shape index (κ1) is 23.0. The molecule has 33 heavy (non-hydrogen) atoms. The molecule has 10 heteroatoms. The largest absolute Gasteiger partial charge is 0.322 e. The van der Waals surface area contributed by atoms with E-state index in [9.17, 15) is 18.0 Å². The number of aryl methyl sites for hydroxylation is 1. The highest BCUT2D eigenvalue weighted by molar-refractivity contribution is 7.92. The fourth-order valence-electron chi connectivity index (χ4n) is 3.35. The lowest BCUT2D eigenvalue weighted by Gasteiger charge is -2.23. The third-order valence-corrected chi connectivity index (χ3v) is 7.50. The third-order valence-electron chi connectivity index (χ3n) is 5.11. The van der Waals surface area contributed by atoms with Crippen molar-refractivity contribution in [2.75, 3.05) is 15.9 Å². The number of carbonyl (C=O) groups is 1. The number of nitrogens with one attached hydrogen (secondary N) is 1. The van der Waals surface area contributed by atoms with E-state index < -0.39 is 10.0 Å². The number of hydrogen-bond donors (Lipinski definition) is 1. The van der Waals surface area contributed by atoms with Crippen molar-refractivity contribution < 1.29 is 13.2 Å². The summed E-state index contributed by atoms with van der Waals surface area (Å²) >= 11 is 7.02. The van der Waals surface area contributed by atoms with Crippen molar-refractivity contribution in [3.05, 3.63) is 92.5 Å². The maximum atomic E-state index is 12.7. The molecule has 1 amide bonds. The lowest BCUT2D eigenvalue weighted by atomic mass is 10.1. The van der Waals surface area contributed by atoms with E-state index in [-0.39, 0.29) is 17.3 Å². The molecule has 7 nitrogen and oxygen atoms in total. The van der Waals surface area contributed by atoms with Gasteiger partial charge in [-0.1, -0.05) is 35.1 Å². The van der Waals surface area contributed by atoms with Crippen LogP contribution in [-0.4, -0.2) is 25.1 Å². The number of sulfonamides is 1. The van der Waals surface area contributed by atoms with E-state index in [1.165, 1.54) is 4.31 Å². The van der Waals surface area contributed by atoms with E-state index >= 15 is 0 Å². The van der Waals surface area contributed by atoms with Crippen LogP contribution in [0.4, 0.5) is 11.4 Å². The standard InChI is InChI=1S/C23H20ClN3O4S2/c1-26-20-12-9-18(13-21(20)32-23(26)29)25-22(28)16-5-10-19(11-6-16)27(33(2,30)31)14-15-3-7-17(24)8-4-15/h3-13H,14H2,1-2H3,(H,25,28). The minimum Gasteiger partial charge on any atom is -0.322 e. The normalized spacial score (nSPS) is 11.5. The second-order valence-corrected chi connectivity index (χ2v) is 10.8. The first-order chi connectivity index (χ1) is 15.6. The first-order valence-electron chi connectivity index (χ1n) is 9.85. The number of benzene rings is 3. The monoisotopic (exact) mass is 501 g/mol. The van der Waals surface area contributed by atoms with Crippen LogP contribution in [0, 0.1) is 0 Å². The summed E-state index contributed by atoms with van der Waals surface area (Å²) in [4.78, 5) is 24.5. The van der Waals surface area contributed by atoms with Gasteiger partial charge in [0.25, 0.3) is 5.91 Å². The van der Waals surface area contributed by atoms with Gasteiger partial charge < -0.3 is 9.88 Å². The van der Waals surface area contributed by atoms with E-state index in [2.05, 4.69) is 5.32 Å². The highest BCUT2D eigenvalue weighted by Gasteiger charge is 2.19. The topological polar surface area (TPSA) is 88.5 Å². The number of halogens is 1. The summed E-state index contributed by atoms with van der Waals surface area (Å²) < 4.78 is 28.4. The number of amides is 1. The molecule has 0 aliphatic rings. The van der Waals surface area contributed by atoms with Crippen LogP contribution in [0.25, 0.3) is 10.2 Å². The number of thiazole rings is 1. The summed E-state index contributed by atoms with van der Waals surface area (Å²) in [5.41, 5.74) is 2.97. The molecule has 4 aromatic rings. The van der Waals surface area contributed by atoms with Gasteiger partial charge in [-0.25, -0.2) is 8.42 Å². The molecule has 0 unspecified atom stereocenters. The number of rotatable bonds is 6. The van der Waals surface area contributed by atoms with Crippen molar-refractivity contribution in [1.82, 2.24) is 4.57 Å². The van der Waals surface area contributed by atoms with Crippen molar-refractivity contribution in [2.24, 2.45) is 7.05 Å². The van der Waals surface area contributed by atoms with Crippen LogP contribution >= 0.6 is 22.9 Å². The molecule has 4 rings (SSSR count). The summed E-state index contributed by atoms with van der Waals surface area (Å²) in [5.74, 6) is -0.340. The van der Waals surface area contributed by atoms with Crippen LogP contribution in [0.5, 0.6) is 0 Å². The Morgan fingerprint density at radius 2 is 1.73 bits per heavy atom. The molecule has 1 N–H and O–H groups in total. The van der Waals surface area contributed by atoms with Crippen LogP contribution in [0.2, 0.25) is 5.02 Å². The van der Waals surface area contributed by atoms with Gasteiger partial charge in [-0.3, -0.25) is 13.9 Å². The van der Waals surface area contributed by atoms with Gasteiger partial charge in [0.2, 0.25) is 10.0 Å². The quantitative estimate of drug-likeness (QED) is 0.422. The van der Waals surface area contributed by atoms with Crippen LogP contribution in [0.15, 0.2) is 71.5 Å². The Labute approximate surface area is 199 Å². The highest BCUT2D eigenvalue weighted by atomic mass is 35.5. The smallest absolute Gasteiger partial charge is 0.307 e. The zero-order valence-electron chi connectivity index (χ0n) is 17.8. The van der Waals surface area contributed by atoms with Gasteiger partial charge in [0.1, 0.15) is 0 Å². The third kappa shape index (κ3) is 5.11. The minimum absolute atomic E-state index is 0.0712. The Kier molecular flexibility index (Phi) is 6.29. The van der Waals surface area contributed by atoms with Gasteiger partial charge >= 0.3 is 4.87 Å². The Morgan fingerprint density at radius 1 is 1.06 bits per heavy atom. The molecule has 0 spiro atoms. The van der Waals surface area contributed by atoms with E-state index in [1.54, 1.807) is 78.3 Å². The van der Waals surface area contributed by atoms with Crippen LogP contribution in [-0.2, 0) is 23.6 Å². The fourth-order valence-corrected chi connectivity index (χ4v) is 5.28. The maximum Gasteiger partial charge on any atom is 0.307 e. The van der Waals surface area contributed by atoms with Gasteiger partial charge in [-0.2, -0.15) is 0 Å². The summed E-state index contributed by atoms with van der Waals surface area (Å²) in [6.07, 6.45) is 1.14. The molecule has 0 saturated carbocycles. The number of fused-ring (bicyclic) bond motifs is 1. The molecule has 0 radical (unpaired) electrons. The zero-order valence-corrected chi connectivity index (χ0v) is 20.2. The average Bonchev–Trinajstić information content (AvgIpc) is 3.05. The Morgan fingerprint density at radius 3 is 2.36 bits per heavy atom. The van der Waals surface area contributed by atoms with Gasteiger partial charge in [0, 0.05) is 23.3 Å². The second kappa shape index (κ2) is 9.01. The maximum absolute atomic E-state index is 12.7. The SMILES string of the molecule is Cn1c(=O)sc2cc(NC(=O)c3ccc(N(Cc4ccc(Cl)cc4)S(C)(=O)=O)cc3)ccc21. The van der Waals surface area contributed by atoms with Crippen molar-refractivity contribution >= 4 is 60.5 Å². The molecular formula is C23H20ClN3O4S2. The molecule has 1 aromatic heterocycles. The Balaban J connectivity index is 1.53. The molecule has 170 valence electrons. The van der Waals surface area contributed by atoms with Crippen molar-refractivity contribution in [2.45, 2.75) is 6.54 Å². The second-order valence-electron chi connectivity index (χ2n) is 7.51. The van der Waals surface area contributed by atoms with Crippen LogP contribution in [0.1, 0.15) is 15.9 Å². The summed E-state index contributed by atoms with van der Waals surface area (Å²) in [7, 11) is -1.85. The van der Waals surface area contributed by atoms with Crippen molar-refractivity contribution in [1.29, 1.82) is 0 Å². The van der Waals surface area contributed by atoms with E-state index in [4.69, 9.17) is 11.6 Å². The van der Waals surface area contributed by atoms with E-state index in [1.807, 2.05) is 0 Å². The number of nitrogens with zero attached hydrogens (tertiary/aromatic N) is 2. The number of aromatic nitrogens is 1. The van der Waals surface area contributed by atoms with Crippen LogP contribution in [0.3, 0.4) is 0 Å². The first-order valence-corrected chi connectivity index (χ1v) is 12.9. The Hall–Kier alpha value is -3.14. The van der Waals surface area contributed by atoms with Gasteiger partial charge in [0.15, 0.2) is 0 Å². The zero-order chi connectivity index (χ0) is 23.8. The van der Waals surface area contributed by atoms with E-state index in [0.29, 0.717) is 22.0 Å². The average molecular weight is 502 g/mol. The molecule has 0 bridgehead atoms. The molecule has 0 fully saturated rings. The number of hydrogen-bond acceptors (Lipinski definition) is 5. The molecule has 1 heterocycles. The van der Waals surface area contributed by atoms with Crippen molar-refractivity contribution in [3.8, 4) is 0 Å². The molecule has 0 aliphatic carbocycles. The van der Waals surface area contributed by atoms with Crippen molar-refractivity contribution in [3.63, 3.8) is 0 Å². The lowest BCUT2D eigenvalue weighted by molar-refractivity contribution is 0.102. The molecule has 0 aliphatic heterocycles. The summed E-state index contributed by atoms with van der Waals surface area (Å²) in [6.45, 7) is 0.140. The van der Waals surface area contributed by atoms with Gasteiger partial charge in [-0.15, -0.1) is 0 Å². The van der Waals surface area contributed by atoms with Crippen LogP contribution < -0.4 is 14.5 Å². The molecular weight excluding hydrogens is 482 g/mol. The molecule has 0 saturated heterocycles. The number of anilines is 2. The van der Waals surface area contributed by atoms with Gasteiger partial charge in [-0.05, 0) is 60.2 Å². The predicted octanol–water partition coefficient (Wildman–Crippen LogP) is 4.47. The lowest BCUT2D eigenvalue weighted by Crippen LogP contribution is -2.29. The predicted molar refractivity (Wildman–Crippen MR) is 134 cm³/mol. The number of carbonyl (C=O) groups excluding carboxylic acids is 1. The molecule has 3 aromatic carbocycles. The minimum atomic E-state index is -3.56. The summed E-state index contributed by atoms with van der Waals surface area (Å²) in [5, 5.41) is 3.39. The Bertz CT molecular complexity index is 1490. The van der Waals surface area contributed by atoms with E-state index in [0.717, 1.165) is 33.4 Å². The fraction of sp³-hybridized carbons (Fsp3) is 0.130. The summed E-state index contributed by atoms with van der Waals surface area (Å²) in [6, 6.07) is 18.6.